The molecule has 0 heterocycles. The number of carboxylic acid groups (broad SMARTS) is 1. The van der Waals surface area contributed by atoms with E-state index in [-0.39, 0.29) is 17.3 Å². The van der Waals surface area contributed by atoms with Crippen molar-refractivity contribution in [3.8, 4) is 0 Å². The van der Waals surface area contributed by atoms with Gasteiger partial charge in [0.15, 0.2) is 5.84 Å². The van der Waals surface area contributed by atoms with Gasteiger partial charge in [0.25, 0.3) is 5.91 Å². The van der Waals surface area contributed by atoms with Crippen molar-refractivity contribution >= 4 is 23.4 Å². The van der Waals surface area contributed by atoms with Gasteiger partial charge in [0, 0.05) is 16.8 Å². The summed E-state index contributed by atoms with van der Waals surface area (Å²) in [5.74, 6) is 3.38. The van der Waals surface area contributed by atoms with Gasteiger partial charge < -0.3 is 16.3 Å². The predicted molar refractivity (Wildman–Crippen MR) is 83.7 cm³/mol. The smallest absolute Gasteiger partial charge is 0.335 e. The van der Waals surface area contributed by atoms with E-state index in [1.807, 2.05) is 0 Å². The molecule has 8 nitrogen and oxygen atoms in total. The molecule has 5 N–H and O–H groups in total. The first-order valence-electron chi connectivity index (χ1n) is 6.46. The van der Waals surface area contributed by atoms with Crippen molar-refractivity contribution < 1.29 is 14.7 Å². The number of rotatable bonds is 4. The minimum atomic E-state index is -1.03. The molecule has 0 saturated carbocycles. The number of nitrogens with two attached hydrogens (primary N) is 1. The van der Waals surface area contributed by atoms with Crippen LogP contribution in [-0.2, 0) is 0 Å². The van der Waals surface area contributed by atoms with Crippen LogP contribution in [0.1, 0.15) is 26.3 Å². The molecule has 0 aliphatic carbocycles. The molecule has 1 amide bonds. The zero-order valence-electron chi connectivity index (χ0n) is 11.9. The maximum absolute atomic E-state index is 12.1. The second kappa shape index (κ2) is 6.94. The summed E-state index contributed by atoms with van der Waals surface area (Å²) in [6, 6.07) is 12.0. The average molecular weight is 311 g/mol. The molecule has 2 aromatic carbocycles. The number of amides is 1. The topological polar surface area (TPSA) is 141 Å². The van der Waals surface area contributed by atoms with Gasteiger partial charge in [-0.05, 0) is 36.4 Å². The molecule has 0 radical (unpaired) electrons. The summed E-state index contributed by atoms with van der Waals surface area (Å²) in [7, 11) is 0. The summed E-state index contributed by atoms with van der Waals surface area (Å²) >= 11 is 0. The lowest BCUT2D eigenvalue weighted by Gasteiger charge is -2.06. The van der Waals surface area contributed by atoms with Crippen LogP contribution < -0.4 is 11.2 Å². The largest absolute Gasteiger partial charge is 0.478 e. The van der Waals surface area contributed by atoms with Crippen molar-refractivity contribution in [1.29, 1.82) is 5.41 Å². The Morgan fingerprint density at radius 1 is 0.957 bits per heavy atom. The van der Waals surface area contributed by atoms with E-state index in [0.29, 0.717) is 16.8 Å². The molecule has 116 valence electrons. The second-order valence-electron chi connectivity index (χ2n) is 4.48. The van der Waals surface area contributed by atoms with E-state index >= 15 is 0 Å². The first-order chi connectivity index (χ1) is 11.0. The second-order valence-corrected chi connectivity index (χ2v) is 4.48. The van der Waals surface area contributed by atoms with Gasteiger partial charge in [0.05, 0.1) is 5.56 Å². The van der Waals surface area contributed by atoms with Gasteiger partial charge in [-0.25, -0.2) is 4.79 Å². The van der Waals surface area contributed by atoms with Gasteiger partial charge in [-0.15, -0.1) is 5.11 Å². The normalized spacial score (nSPS) is 10.4. The number of carbonyl (C=O) groups is 2. The van der Waals surface area contributed by atoms with E-state index < -0.39 is 5.97 Å². The molecule has 0 spiro atoms. The monoisotopic (exact) mass is 311 g/mol. The third-order valence-electron chi connectivity index (χ3n) is 2.97. The van der Waals surface area contributed by atoms with E-state index in [4.69, 9.17) is 16.4 Å². The highest BCUT2D eigenvalue weighted by Crippen LogP contribution is 2.12. The third-order valence-corrected chi connectivity index (χ3v) is 2.97. The molecule has 0 aliphatic heterocycles. The Labute approximate surface area is 131 Å². The highest BCUT2D eigenvalue weighted by Gasteiger charge is 2.08. The number of carboxylic acids is 1. The van der Waals surface area contributed by atoms with Crippen LogP contribution in [0.4, 0.5) is 5.69 Å². The molecule has 2 rings (SSSR count). The number of hydrogen-bond acceptors (Lipinski definition) is 4. The zero-order valence-corrected chi connectivity index (χ0v) is 11.9. The van der Waals surface area contributed by atoms with Crippen LogP contribution in [-0.4, -0.2) is 22.8 Å². The Hall–Kier alpha value is -3.55. The lowest BCUT2D eigenvalue weighted by atomic mass is 10.1. The van der Waals surface area contributed by atoms with E-state index in [1.54, 1.807) is 12.1 Å². The maximum Gasteiger partial charge on any atom is 0.335 e. The van der Waals surface area contributed by atoms with Gasteiger partial charge in [-0.3, -0.25) is 10.2 Å². The minimum absolute atomic E-state index is 0.108. The van der Waals surface area contributed by atoms with Crippen molar-refractivity contribution in [2.45, 2.75) is 0 Å². The molecule has 0 aromatic heterocycles. The first kappa shape index (κ1) is 15.8. The molecule has 0 aliphatic rings. The molecular formula is C15H13N5O3. The Bertz CT molecular complexity index is 767. The molecule has 8 heteroatoms. The average Bonchev–Trinajstić information content (AvgIpc) is 2.55. The summed E-state index contributed by atoms with van der Waals surface area (Å²) in [6.07, 6.45) is 0. The van der Waals surface area contributed by atoms with Gasteiger partial charge >= 0.3 is 5.97 Å². The number of amidine groups is 1. The van der Waals surface area contributed by atoms with Crippen molar-refractivity contribution in [3.63, 3.8) is 0 Å². The Balaban J connectivity index is 2.08. The summed E-state index contributed by atoms with van der Waals surface area (Å²) in [6.45, 7) is 0. The molecule has 23 heavy (non-hydrogen) atoms. The van der Waals surface area contributed by atoms with Gasteiger partial charge in [0.2, 0.25) is 0 Å². The summed E-state index contributed by atoms with van der Waals surface area (Å²) in [5.41, 5.74) is 1.48. The van der Waals surface area contributed by atoms with Crippen LogP contribution >= 0.6 is 0 Å². The van der Waals surface area contributed by atoms with Crippen molar-refractivity contribution in [2.75, 3.05) is 5.32 Å². The van der Waals surface area contributed by atoms with Crippen LogP contribution in [0.5, 0.6) is 0 Å². The molecule has 0 unspecified atom stereocenters. The van der Waals surface area contributed by atoms with Crippen LogP contribution in [0, 0.1) is 5.41 Å². The van der Waals surface area contributed by atoms with Crippen LogP contribution in [0.3, 0.4) is 0 Å². The molecule has 0 bridgehead atoms. The number of nitrogens with zero attached hydrogens (tertiary/aromatic N) is 2. The van der Waals surface area contributed by atoms with Crippen molar-refractivity contribution in [1.82, 2.24) is 0 Å². The first-order valence-corrected chi connectivity index (χ1v) is 6.46. The number of carbonyl (C=O) groups excluding carboxylic acids is 1. The van der Waals surface area contributed by atoms with Crippen molar-refractivity contribution in [3.05, 3.63) is 65.2 Å². The van der Waals surface area contributed by atoms with E-state index in [2.05, 4.69) is 15.7 Å². The quantitative estimate of drug-likeness (QED) is 0.226. The third kappa shape index (κ3) is 3.97. The van der Waals surface area contributed by atoms with Crippen LogP contribution in [0.15, 0.2) is 58.9 Å². The molecule has 0 fully saturated rings. The summed E-state index contributed by atoms with van der Waals surface area (Å²) < 4.78 is 0. The van der Waals surface area contributed by atoms with Gasteiger partial charge in [-0.2, -0.15) is 0 Å². The predicted octanol–water partition coefficient (Wildman–Crippen LogP) is 2.29. The maximum atomic E-state index is 12.1. The fourth-order valence-electron chi connectivity index (χ4n) is 1.79. The minimum Gasteiger partial charge on any atom is -0.478 e. The highest BCUT2D eigenvalue weighted by molar-refractivity contribution is 6.05. The summed E-state index contributed by atoms with van der Waals surface area (Å²) in [4.78, 5) is 22.9. The number of anilines is 1. The van der Waals surface area contributed by atoms with Crippen LogP contribution in [0.2, 0.25) is 0 Å². The van der Waals surface area contributed by atoms with E-state index in [9.17, 15) is 9.59 Å². The number of hydrogen-bond donors (Lipinski definition) is 4. The Morgan fingerprint density at radius 3 is 2.00 bits per heavy atom. The lowest BCUT2D eigenvalue weighted by molar-refractivity contribution is 0.0696. The highest BCUT2D eigenvalue weighted by atomic mass is 16.4. The van der Waals surface area contributed by atoms with E-state index in [0.717, 1.165) is 0 Å². The lowest BCUT2D eigenvalue weighted by Crippen LogP contribution is -2.12. The van der Waals surface area contributed by atoms with E-state index in [1.165, 1.54) is 36.4 Å². The Kier molecular flexibility index (Phi) is 4.78. The fourth-order valence-corrected chi connectivity index (χ4v) is 1.79. The molecule has 0 atom stereocenters. The fraction of sp³-hybridized carbons (Fsp3) is 0. The SMILES string of the molecule is N=C(N=NN)c1ccc(C(=O)Nc2ccc(C(=O)O)cc2)cc1. The molecular weight excluding hydrogens is 298 g/mol. The van der Waals surface area contributed by atoms with Gasteiger partial charge in [0.1, 0.15) is 0 Å². The van der Waals surface area contributed by atoms with Crippen molar-refractivity contribution in [2.24, 2.45) is 16.2 Å². The standard InChI is InChI=1S/C15H13N5O3/c16-13(19-20-17)9-1-3-10(4-2-9)14(21)18-12-7-5-11(6-8-12)15(22)23/h1-8H,(H,18,21)(H,22,23)(H3,16,17,19). The van der Waals surface area contributed by atoms with Crippen LogP contribution in [0.25, 0.3) is 0 Å². The number of aromatic carboxylic acids is 1. The van der Waals surface area contributed by atoms with Gasteiger partial charge in [-0.1, -0.05) is 17.4 Å². The zero-order chi connectivity index (χ0) is 16.8. The molecule has 0 saturated heterocycles. The Morgan fingerprint density at radius 2 is 1.48 bits per heavy atom. The molecule has 2 aromatic rings. The number of nitrogens with one attached hydrogen (secondary N) is 2. The number of benzene rings is 2. The summed E-state index contributed by atoms with van der Waals surface area (Å²) in [5, 5.41) is 25.4.